The van der Waals surface area contributed by atoms with Crippen molar-refractivity contribution in [1.29, 1.82) is 0 Å². The van der Waals surface area contributed by atoms with E-state index in [1.54, 1.807) is 0 Å². The van der Waals surface area contributed by atoms with Gasteiger partial charge < -0.3 is 9.84 Å². The van der Waals surface area contributed by atoms with Crippen molar-refractivity contribution in [2.24, 2.45) is 11.3 Å². The van der Waals surface area contributed by atoms with Gasteiger partial charge in [-0.2, -0.15) is 0 Å². The number of likely N-dealkylation sites (tertiary alicyclic amines) is 1. The number of ether oxygens (including phenoxy) is 1. The molecule has 3 rings (SSSR count). The van der Waals surface area contributed by atoms with Crippen LogP contribution in [0.5, 0.6) is 5.75 Å². The van der Waals surface area contributed by atoms with E-state index in [9.17, 15) is 4.79 Å². The van der Waals surface area contributed by atoms with Crippen molar-refractivity contribution in [2.75, 3.05) is 26.2 Å². The Kier molecular flexibility index (Phi) is 5.50. The molecule has 24 heavy (non-hydrogen) atoms. The Bertz CT molecular complexity index is 596. The minimum absolute atomic E-state index is 0.185. The number of halogens is 1. The number of hydrogen-bond acceptors (Lipinski definition) is 3. The molecule has 1 aromatic rings. The molecule has 1 atom stereocenters. The first-order valence-electron chi connectivity index (χ1n) is 8.79. The first-order valence-corrected chi connectivity index (χ1v) is 9.59. The highest BCUT2D eigenvalue weighted by atomic mass is 79.9. The third-order valence-corrected chi connectivity index (χ3v) is 6.63. The van der Waals surface area contributed by atoms with Crippen LogP contribution in [0.3, 0.4) is 0 Å². The molecule has 1 heterocycles. The van der Waals surface area contributed by atoms with Gasteiger partial charge in [0.25, 0.3) is 0 Å². The lowest BCUT2D eigenvalue weighted by atomic mass is 9.76. The number of carbonyl (C=O) groups is 1. The highest BCUT2D eigenvalue weighted by Gasteiger charge is 2.41. The van der Waals surface area contributed by atoms with Crippen LogP contribution in [0.2, 0.25) is 0 Å². The maximum atomic E-state index is 10.8. The predicted octanol–water partition coefficient (Wildman–Crippen LogP) is 4.10. The summed E-state index contributed by atoms with van der Waals surface area (Å²) in [5.74, 6) is 0.879. The second-order valence-electron chi connectivity index (χ2n) is 7.45. The SMILES string of the molecule is Cc1c(Br)cccc1OC[C@H]1CCC2(CCN(CC(=O)O)CC2)C1. The van der Waals surface area contributed by atoms with Crippen molar-refractivity contribution in [2.45, 2.75) is 39.0 Å². The highest BCUT2D eigenvalue weighted by molar-refractivity contribution is 9.10. The summed E-state index contributed by atoms with van der Waals surface area (Å²) >= 11 is 3.55. The fourth-order valence-electron chi connectivity index (χ4n) is 4.25. The summed E-state index contributed by atoms with van der Waals surface area (Å²) in [6.45, 7) is 4.89. The van der Waals surface area contributed by atoms with E-state index in [-0.39, 0.29) is 6.54 Å². The van der Waals surface area contributed by atoms with E-state index < -0.39 is 5.97 Å². The summed E-state index contributed by atoms with van der Waals surface area (Å²) in [5, 5.41) is 8.92. The minimum atomic E-state index is -0.715. The lowest BCUT2D eigenvalue weighted by molar-refractivity contribution is -0.138. The van der Waals surface area contributed by atoms with E-state index in [1.165, 1.54) is 19.3 Å². The van der Waals surface area contributed by atoms with Crippen LogP contribution in [0.25, 0.3) is 0 Å². The lowest BCUT2D eigenvalue weighted by Crippen LogP contribution is -2.41. The van der Waals surface area contributed by atoms with Crippen LogP contribution in [0.1, 0.15) is 37.7 Å². The van der Waals surface area contributed by atoms with Gasteiger partial charge in [0.05, 0.1) is 13.2 Å². The molecule has 2 fully saturated rings. The first kappa shape index (κ1) is 17.7. The number of rotatable bonds is 5. The molecule has 1 spiro atoms. The fraction of sp³-hybridized carbons (Fsp3) is 0.632. The summed E-state index contributed by atoms with van der Waals surface area (Å²) < 4.78 is 7.18. The molecule has 0 unspecified atom stereocenters. The molecule has 1 saturated heterocycles. The summed E-state index contributed by atoms with van der Waals surface area (Å²) in [5.41, 5.74) is 1.59. The zero-order chi connectivity index (χ0) is 17.2. The van der Waals surface area contributed by atoms with Gasteiger partial charge in [0.1, 0.15) is 5.75 Å². The molecule has 5 heteroatoms. The van der Waals surface area contributed by atoms with Gasteiger partial charge in [0.2, 0.25) is 0 Å². The molecular weight excluding hydrogens is 370 g/mol. The summed E-state index contributed by atoms with van der Waals surface area (Å²) in [4.78, 5) is 12.9. The van der Waals surface area contributed by atoms with Gasteiger partial charge in [-0.05, 0) is 75.6 Å². The average Bonchev–Trinajstić information content (AvgIpc) is 2.94. The lowest BCUT2D eigenvalue weighted by Gasteiger charge is -2.39. The number of carboxylic acids is 1. The molecule has 132 valence electrons. The van der Waals surface area contributed by atoms with Crippen molar-refractivity contribution in [1.82, 2.24) is 4.90 Å². The molecule has 0 radical (unpaired) electrons. The van der Waals surface area contributed by atoms with Crippen LogP contribution in [0.4, 0.5) is 0 Å². The summed E-state index contributed by atoms with van der Waals surface area (Å²) in [6, 6.07) is 6.09. The molecule has 1 aliphatic carbocycles. The van der Waals surface area contributed by atoms with Crippen LogP contribution in [-0.2, 0) is 4.79 Å². The van der Waals surface area contributed by atoms with Gasteiger partial charge in [-0.1, -0.05) is 22.0 Å². The van der Waals surface area contributed by atoms with Crippen LogP contribution in [0.15, 0.2) is 22.7 Å². The van der Waals surface area contributed by atoms with Gasteiger partial charge >= 0.3 is 5.97 Å². The number of benzene rings is 1. The highest BCUT2D eigenvalue weighted by Crippen LogP contribution is 2.49. The van der Waals surface area contributed by atoms with E-state index in [2.05, 4.69) is 27.8 Å². The molecule has 1 aromatic carbocycles. The predicted molar refractivity (Wildman–Crippen MR) is 97.5 cm³/mol. The van der Waals surface area contributed by atoms with E-state index in [0.717, 1.165) is 48.3 Å². The molecule has 1 aliphatic heterocycles. The Morgan fingerprint density at radius 2 is 2.12 bits per heavy atom. The number of carboxylic acid groups (broad SMARTS) is 1. The van der Waals surface area contributed by atoms with Gasteiger partial charge in [-0.3, -0.25) is 9.69 Å². The number of nitrogens with zero attached hydrogens (tertiary/aromatic N) is 1. The van der Waals surface area contributed by atoms with E-state index >= 15 is 0 Å². The zero-order valence-corrected chi connectivity index (χ0v) is 15.8. The van der Waals surface area contributed by atoms with Crippen molar-refractivity contribution in [3.63, 3.8) is 0 Å². The van der Waals surface area contributed by atoms with Crippen LogP contribution in [0, 0.1) is 18.3 Å². The molecular formula is C19H26BrNO3. The second kappa shape index (κ2) is 7.44. The van der Waals surface area contributed by atoms with E-state index in [0.29, 0.717) is 11.3 Å². The normalized spacial score (nSPS) is 23.5. The maximum absolute atomic E-state index is 10.8. The molecule has 0 amide bonds. The molecule has 1 N–H and O–H groups in total. The van der Waals surface area contributed by atoms with E-state index in [1.807, 2.05) is 18.2 Å². The smallest absolute Gasteiger partial charge is 0.317 e. The molecule has 2 aliphatic rings. The van der Waals surface area contributed by atoms with Crippen LogP contribution >= 0.6 is 15.9 Å². The average molecular weight is 396 g/mol. The summed E-state index contributed by atoms with van der Waals surface area (Å²) in [6.07, 6.45) is 5.98. The Balaban J connectivity index is 1.49. The largest absolute Gasteiger partial charge is 0.493 e. The first-order chi connectivity index (χ1) is 11.5. The Hall–Kier alpha value is -1.07. The standard InChI is InChI=1S/C19H26BrNO3/c1-14-16(20)3-2-4-17(14)24-13-15-5-6-19(11-15)7-9-21(10-8-19)12-18(22)23/h2-4,15H,5-13H2,1H3,(H,22,23)/t15-/m0/s1. The molecule has 0 aromatic heterocycles. The van der Waals surface area contributed by atoms with Crippen molar-refractivity contribution >= 4 is 21.9 Å². The molecule has 1 saturated carbocycles. The monoisotopic (exact) mass is 395 g/mol. The third kappa shape index (κ3) is 4.12. The topological polar surface area (TPSA) is 49.8 Å². The maximum Gasteiger partial charge on any atom is 0.317 e. The second-order valence-corrected chi connectivity index (χ2v) is 8.31. The minimum Gasteiger partial charge on any atom is -0.493 e. The van der Waals surface area contributed by atoms with Gasteiger partial charge in [-0.25, -0.2) is 0 Å². The Morgan fingerprint density at radius 1 is 1.38 bits per heavy atom. The Labute approximate surface area is 152 Å². The van der Waals surface area contributed by atoms with Crippen LogP contribution < -0.4 is 4.74 Å². The van der Waals surface area contributed by atoms with Gasteiger partial charge in [0, 0.05) is 10.0 Å². The van der Waals surface area contributed by atoms with Crippen molar-refractivity contribution in [3.8, 4) is 5.75 Å². The third-order valence-electron chi connectivity index (χ3n) is 5.77. The van der Waals surface area contributed by atoms with Crippen molar-refractivity contribution < 1.29 is 14.6 Å². The number of piperidine rings is 1. The van der Waals surface area contributed by atoms with Crippen molar-refractivity contribution in [3.05, 3.63) is 28.2 Å². The van der Waals surface area contributed by atoms with Crippen LogP contribution in [-0.4, -0.2) is 42.2 Å². The quantitative estimate of drug-likeness (QED) is 0.814. The Morgan fingerprint density at radius 3 is 2.83 bits per heavy atom. The van der Waals surface area contributed by atoms with Gasteiger partial charge in [-0.15, -0.1) is 0 Å². The number of aliphatic carboxylic acids is 1. The number of hydrogen-bond donors (Lipinski definition) is 1. The molecule has 4 nitrogen and oxygen atoms in total. The van der Waals surface area contributed by atoms with Gasteiger partial charge in [0.15, 0.2) is 0 Å². The van der Waals surface area contributed by atoms with E-state index in [4.69, 9.17) is 9.84 Å². The summed E-state index contributed by atoms with van der Waals surface area (Å²) in [7, 11) is 0. The fourth-order valence-corrected chi connectivity index (χ4v) is 4.60. The molecule has 0 bridgehead atoms. The zero-order valence-electron chi connectivity index (χ0n) is 14.3.